The van der Waals surface area contributed by atoms with Crippen LogP contribution in [0.4, 0.5) is 4.39 Å². The molecule has 1 fully saturated rings. The fraction of sp³-hybridized carbons (Fsp3) is 0.222. The molecule has 0 saturated carbocycles. The lowest BCUT2D eigenvalue weighted by molar-refractivity contribution is -0.139. The number of hydrogen-bond donors (Lipinski definition) is 0. The number of pyridine rings is 1. The second-order valence-electron chi connectivity index (χ2n) is 5.90. The van der Waals surface area contributed by atoms with Gasteiger partial charge in [-0.05, 0) is 36.2 Å². The zero-order valence-corrected chi connectivity index (χ0v) is 13.3. The van der Waals surface area contributed by atoms with Gasteiger partial charge in [0.25, 0.3) is 0 Å². The first-order valence-electron chi connectivity index (χ1n) is 7.98. The van der Waals surface area contributed by atoms with E-state index < -0.39 is 0 Å². The van der Waals surface area contributed by atoms with E-state index in [1.165, 1.54) is 12.1 Å². The van der Waals surface area contributed by atoms with Crippen molar-refractivity contribution < 1.29 is 13.7 Å². The zero-order chi connectivity index (χ0) is 17.2. The van der Waals surface area contributed by atoms with Crippen LogP contribution >= 0.6 is 0 Å². The van der Waals surface area contributed by atoms with Crippen molar-refractivity contribution in [3.05, 3.63) is 66.1 Å². The third-order valence-electron chi connectivity index (χ3n) is 4.23. The molecule has 0 aliphatic carbocycles. The number of benzene rings is 1. The summed E-state index contributed by atoms with van der Waals surface area (Å²) in [4.78, 5) is 22.6. The van der Waals surface area contributed by atoms with Crippen LogP contribution < -0.4 is 0 Å². The van der Waals surface area contributed by atoms with E-state index >= 15 is 0 Å². The fourth-order valence-corrected chi connectivity index (χ4v) is 2.85. The Kier molecular flexibility index (Phi) is 3.97. The van der Waals surface area contributed by atoms with Crippen LogP contribution in [0.15, 0.2) is 53.3 Å². The monoisotopic (exact) mass is 338 g/mol. The average Bonchev–Trinajstić information content (AvgIpc) is 3.04. The molecule has 0 unspecified atom stereocenters. The van der Waals surface area contributed by atoms with Gasteiger partial charge in [-0.1, -0.05) is 17.3 Å². The molecule has 1 amide bonds. The number of amides is 1. The predicted octanol–water partition coefficient (Wildman–Crippen LogP) is 2.79. The molecule has 1 aliphatic heterocycles. The second kappa shape index (κ2) is 6.43. The molecule has 1 saturated heterocycles. The van der Waals surface area contributed by atoms with Crippen LogP contribution in [-0.4, -0.2) is 32.5 Å². The minimum absolute atomic E-state index is 0.0806. The van der Waals surface area contributed by atoms with E-state index in [0.29, 0.717) is 23.8 Å². The van der Waals surface area contributed by atoms with Crippen LogP contribution in [0.3, 0.4) is 0 Å². The molecule has 0 spiro atoms. The summed E-state index contributed by atoms with van der Waals surface area (Å²) >= 11 is 0. The van der Waals surface area contributed by atoms with Crippen LogP contribution in [0.2, 0.25) is 0 Å². The minimum Gasteiger partial charge on any atom is -0.337 e. The van der Waals surface area contributed by atoms with Gasteiger partial charge in [0.2, 0.25) is 17.6 Å². The van der Waals surface area contributed by atoms with Gasteiger partial charge >= 0.3 is 0 Å². The van der Waals surface area contributed by atoms with Gasteiger partial charge < -0.3 is 9.42 Å². The quantitative estimate of drug-likeness (QED) is 0.731. The molecule has 1 atom stereocenters. The molecule has 0 radical (unpaired) electrons. The maximum Gasteiger partial charge on any atom is 0.249 e. The first-order chi connectivity index (χ1) is 12.2. The summed E-state index contributed by atoms with van der Waals surface area (Å²) in [5, 5.41) is 3.97. The van der Waals surface area contributed by atoms with Crippen molar-refractivity contribution >= 4 is 5.91 Å². The molecular formula is C18H15FN4O2. The van der Waals surface area contributed by atoms with Gasteiger partial charge in [0, 0.05) is 24.5 Å². The Labute approximate surface area is 143 Å². The van der Waals surface area contributed by atoms with Crippen LogP contribution in [-0.2, 0) is 11.2 Å². The van der Waals surface area contributed by atoms with E-state index in [1.807, 2.05) is 6.07 Å². The summed E-state index contributed by atoms with van der Waals surface area (Å²) in [6.45, 7) is 0.628. The Morgan fingerprint density at radius 3 is 2.96 bits per heavy atom. The highest BCUT2D eigenvalue weighted by molar-refractivity contribution is 5.80. The van der Waals surface area contributed by atoms with Gasteiger partial charge in [0.05, 0.1) is 6.42 Å². The molecule has 3 heterocycles. The number of carbonyl (C=O) groups excluding carboxylic acids is 1. The van der Waals surface area contributed by atoms with Gasteiger partial charge in [-0.2, -0.15) is 4.98 Å². The highest BCUT2D eigenvalue weighted by Gasteiger charge is 2.37. The fourth-order valence-electron chi connectivity index (χ4n) is 2.85. The molecule has 1 aromatic carbocycles. The van der Waals surface area contributed by atoms with Gasteiger partial charge in [-0.25, -0.2) is 4.39 Å². The summed E-state index contributed by atoms with van der Waals surface area (Å²) in [5.41, 5.74) is 1.41. The SMILES string of the molecule is O=C(Cc1cccc(F)c1)N1CC[C@H]1c1nc(-c2cccnc2)no1. The van der Waals surface area contributed by atoms with Crippen LogP contribution in [0.25, 0.3) is 11.4 Å². The smallest absolute Gasteiger partial charge is 0.249 e. The molecule has 3 aromatic rings. The highest BCUT2D eigenvalue weighted by atomic mass is 19.1. The Balaban J connectivity index is 1.47. The Morgan fingerprint density at radius 1 is 1.32 bits per heavy atom. The van der Waals surface area contributed by atoms with Crippen molar-refractivity contribution in [2.75, 3.05) is 6.54 Å². The molecule has 6 nitrogen and oxygen atoms in total. The Morgan fingerprint density at radius 2 is 2.24 bits per heavy atom. The summed E-state index contributed by atoms with van der Waals surface area (Å²) in [6, 6.07) is 9.49. The maximum atomic E-state index is 13.3. The summed E-state index contributed by atoms with van der Waals surface area (Å²) in [6.07, 6.45) is 4.24. The molecular weight excluding hydrogens is 323 g/mol. The van der Waals surface area contributed by atoms with Crippen molar-refractivity contribution in [2.24, 2.45) is 0 Å². The number of hydrogen-bond acceptors (Lipinski definition) is 5. The Hall–Kier alpha value is -3.09. The molecule has 25 heavy (non-hydrogen) atoms. The summed E-state index contributed by atoms with van der Waals surface area (Å²) in [7, 11) is 0. The predicted molar refractivity (Wildman–Crippen MR) is 86.7 cm³/mol. The van der Waals surface area contributed by atoms with Crippen molar-refractivity contribution in [3.8, 4) is 11.4 Å². The van der Waals surface area contributed by atoms with Crippen molar-refractivity contribution in [3.63, 3.8) is 0 Å². The van der Waals surface area contributed by atoms with Crippen molar-refractivity contribution in [1.82, 2.24) is 20.0 Å². The van der Waals surface area contributed by atoms with E-state index in [9.17, 15) is 9.18 Å². The molecule has 1 aliphatic rings. The normalized spacial score (nSPS) is 16.5. The standard InChI is InChI=1S/C18H15FN4O2/c19-14-5-1-3-12(9-14)10-16(24)23-8-6-15(23)18-21-17(22-25-18)13-4-2-7-20-11-13/h1-5,7,9,11,15H,6,8,10H2/t15-/m0/s1. The van der Waals surface area contributed by atoms with Crippen molar-refractivity contribution in [1.29, 1.82) is 0 Å². The van der Waals surface area contributed by atoms with E-state index in [1.54, 1.807) is 35.5 Å². The van der Waals surface area contributed by atoms with Gasteiger partial charge in [-0.15, -0.1) is 0 Å². The third-order valence-corrected chi connectivity index (χ3v) is 4.23. The number of rotatable bonds is 4. The van der Waals surface area contributed by atoms with Crippen LogP contribution in [0, 0.1) is 5.82 Å². The highest BCUT2D eigenvalue weighted by Crippen LogP contribution is 2.33. The van der Waals surface area contributed by atoms with E-state index in [2.05, 4.69) is 15.1 Å². The number of carbonyl (C=O) groups is 1. The molecule has 4 rings (SSSR count). The van der Waals surface area contributed by atoms with Crippen molar-refractivity contribution in [2.45, 2.75) is 18.9 Å². The lowest BCUT2D eigenvalue weighted by Crippen LogP contribution is -2.46. The molecule has 0 bridgehead atoms. The molecule has 2 aromatic heterocycles. The number of halogens is 1. The first-order valence-corrected chi connectivity index (χ1v) is 7.98. The van der Waals surface area contributed by atoms with Gasteiger partial charge in [0.15, 0.2) is 0 Å². The number of nitrogens with zero attached hydrogens (tertiary/aromatic N) is 4. The van der Waals surface area contributed by atoms with E-state index in [4.69, 9.17) is 4.52 Å². The number of aromatic nitrogens is 3. The average molecular weight is 338 g/mol. The minimum atomic E-state index is -0.344. The second-order valence-corrected chi connectivity index (χ2v) is 5.90. The number of likely N-dealkylation sites (tertiary alicyclic amines) is 1. The van der Waals surface area contributed by atoms with E-state index in [-0.39, 0.29) is 24.2 Å². The molecule has 126 valence electrons. The zero-order valence-electron chi connectivity index (χ0n) is 13.3. The summed E-state index contributed by atoms with van der Waals surface area (Å²) in [5.74, 6) is 0.441. The Bertz CT molecular complexity index is 897. The molecule has 7 heteroatoms. The van der Waals surface area contributed by atoms with Gasteiger partial charge in [-0.3, -0.25) is 9.78 Å². The first kappa shape index (κ1) is 15.4. The largest absolute Gasteiger partial charge is 0.337 e. The lowest BCUT2D eigenvalue weighted by Gasteiger charge is -2.38. The third kappa shape index (κ3) is 3.13. The lowest BCUT2D eigenvalue weighted by atomic mass is 10.0. The topological polar surface area (TPSA) is 72.1 Å². The maximum absolute atomic E-state index is 13.3. The summed E-state index contributed by atoms with van der Waals surface area (Å²) < 4.78 is 18.6. The van der Waals surface area contributed by atoms with Crippen LogP contribution in [0.1, 0.15) is 23.9 Å². The van der Waals surface area contributed by atoms with Crippen LogP contribution in [0.5, 0.6) is 0 Å². The molecule has 0 N–H and O–H groups in total. The van der Waals surface area contributed by atoms with E-state index in [0.717, 1.165) is 12.0 Å². The van der Waals surface area contributed by atoms with Gasteiger partial charge in [0.1, 0.15) is 11.9 Å².